The molecule has 0 aromatic heterocycles. The van der Waals surface area contributed by atoms with Crippen LogP contribution < -0.4 is 0 Å². The van der Waals surface area contributed by atoms with Crippen molar-refractivity contribution >= 4 is 16.0 Å². The van der Waals surface area contributed by atoms with Gasteiger partial charge in [-0.25, -0.2) is 13.2 Å². The van der Waals surface area contributed by atoms with Crippen LogP contribution in [0.15, 0.2) is 59.5 Å². The van der Waals surface area contributed by atoms with Gasteiger partial charge in [-0.3, -0.25) is 0 Å². The van der Waals surface area contributed by atoms with Crippen molar-refractivity contribution in [3.8, 4) is 0 Å². The first-order valence-electron chi connectivity index (χ1n) is 9.83. The lowest BCUT2D eigenvalue weighted by Gasteiger charge is -2.34. The zero-order valence-electron chi connectivity index (χ0n) is 16.8. The quantitative estimate of drug-likeness (QED) is 0.511. The van der Waals surface area contributed by atoms with Crippen molar-refractivity contribution in [3.63, 3.8) is 0 Å². The summed E-state index contributed by atoms with van der Waals surface area (Å²) in [5.41, 5.74) is 1.54. The third-order valence-corrected chi connectivity index (χ3v) is 6.65. The van der Waals surface area contributed by atoms with E-state index in [-0.39, 0.29) is 17.1 Å². The van der Waals surface area contributed by atoms with Crippen molar-refractivity contribution in [1.82, 2.24) is 4.31 Å². The molecule has 0 radical (unpaired) electrons. The molecule has 0 N–H and O–H groups in total. The van der Waals surface area contributed by atoms with E-state index < -0.39 is 16.0 Å². The number of rotatable bonds is 7. The fourth-order valence-electron chi connectivity index (χ4n) is 3.41. The van der Waals surface area contributed by atoms with Crippen molar-refractivity contribution in [2.24, 2.45) is 0 Å². The number of esters is 1. The molecule has 6 nitrogen and oxygen atoms in total. The van der Waals surface area contributed by atoms with Crippen LogP contribution in [0.5, 0.6) is 0 Å². The van der Waals surface area contributed by atoms with Crippen molar-refractivity contribution in [3.05, 3.63) is 65.7 Å². The number of aryl methyl sites for hydroxylation is 1. The third-order valence-electron chi connectivity index (χ3n) is 4.80. The number of benzene rings is 2. The fourth-order valence-corrected chi connectivity index (χ4v) is 5.00. The maximum Gasteiger partial charge on any atom is 0.338 e. The number of carbonyl (C=O) groups excluding carboxylic acids is 1. The molecule has 0 unspecified atom stereocenters. The Hall–Kier alpha value is -2.22. The summed E-state index contributed by atoms with van der Waals surface area (Å²) >= 11 is 0. The van der Waals surface area contributed by atoms with Gasteiger partial charge in [0.25, 0.3) is 0 Å². The highest BCUT2D eigenvalue weighted by atomic mass is 32.2. The highest BCUT2D eigenvalue weighted by Gasteiger charge is 2.32. The van der Waals surface area contributed by atoms with Gasteiger partial charge in [-0.2, -0.15) is 4.31 Å². The second kappa shape index (κ2) is 9.52. The minimum absolute atomic E-state index is 0.154. The predicted molar refractivity (Wildman–Crippen MR) is 110 cm³/mol. The largest absolute Gasteiger partial charge is 0.462 e. The normalized spacial score (nSPS) is 20.3. The SMILES string of the molecule is C[C@@H]1CN(S(=O)(=O)c2ccc(C(=O)OCCCc3ccccc3)cc2)C[C@@H](C)O1. The Morgan fingerprint density at radius 3 is 2.28 bits per heavy atom. The molecular weight excluding hydrogens is 390 g/mol. The van der Waals surface area contributed by atoms with Crippen molar-refractivity contribution in [1.29, 1.82) is 0 Å². The minimum Gasteiger partial charge on any atom is -0.462 e. The summed E-state index contributed by atoms with van der Waals surface area (Å²) in [6.45, 7) is 4.66. The summed E-state index contributed by atoms with van der Waals surface area (Å²) in [5, 5.41) is 0. The highest BCUT2D eigenvalue weighted by Crippen LogP contribution is 2.21. The molecule has 7 heteroatoms. The first-order chi connectivity index (χ1) is 13.9. The molecule has 1 aliphatic heterocycles. The topological polar surface area (TPSA) is 72.9 Å². The van der Waals surface area contributed by atoms with Crippen molar-refractivity contribution in [2.75, 3.05) is 19.7 Å². The van der Waals surface area contributed by atoms with Crippen molar-refractivity contribution < 1.29 is 22.7 Å². The number of morpholine rings is 1. The summed E-state index contributed by atoms with van der Waals surface area (Å²) in [4.78, 5) is 12.4. The van der Waals surface area contributed by atoms with Gasteiger partial charge in [-0.1, -0.05) is 30.3 Å². The maximum atomic E-state index is 12.9. The molecule has 1 fully saturated rings. The predicted octanol–water partition coefficient (Wildman–Crippen LogP) is 3.27. The molecule has 2 aromatic carbocycles. The van der Waals surface area contributed by atoms with Crippen LogP contribution in [0.4, 0.5) is 0 Å². The first-order valence-corrected chi connectivity index (χ1v) is 11.3. The molecule has 0 amide bonds. The van der Waals surface area contributed by atoms with Gasteiger partial charge >= 0.3 is 5.97 Å². The van der Waals surface area contributed by atoms with E-state index in [0.717, 1.165) is 12.8 Å². The Labute approximate surface area is 172 Å². The van der Waals surface area contributed by atoms with Crippen LogP contribution in [0, 0.1) is 0 Å². The second-order valence-electron chi connectivity index (χ2n) is 7.33. The lowest BCUT2D eigenvalue weighted by molar-refractivity contribution is -0.0440. The molecule has 1 heterocycles. The monoisotopic (exact) mass is 417 g/mol. The van der Waals surface area contributed by atoms with E-state index in [2.05, 4.69) is 0 Å². The highest BCUT2D eigenvalue weighted by molar-refractivity contribution is 7.89. The van der Waals surface area contributed by atoms with Gasteiger partial charge in [-0.15, -0.1) is 0 Å². The van der Waals surface area contributed by atoms with Crippen LogP contribution in [0.25, 0.3) is 0 Å². The Morgan fingerprint density at radius 2 is 1.66 bits per heavy atom. The zero-order valence-corrected chi connectivity index (χ0v) is 17.6. The molecule has 1 aliphatic rings. The summed E-state index contributed by atoms with van der Waals surface area (Å²) in [6.07, 6.45) is 1.26. The Balaban J connectivity index is 1.55. The van der Waals surface area contributed by atoms with Gasteiger partial charge in [0.2, 0.25) is 10.0 Å². The molecule has 2 atom stereocenters. The molecule has 0 bridgehead atoms. The van der Waals surface area contributed by atoms with E-state index in [1.165, 1.54) is 34.1 Å². The summed E-state index contributed by atoms with van der Waals surface area (Å²) < 4.78 is 38.1. The Bertz CT molecular complexity index is 902. The van der Waals surface area contributed by atoms with Crippen LogP contribution in [0.1, 0.15) is 36.2 Å². The van der Waals surface area contributed by atoms with E-state index in [1.807, 2.05) is 44.2 Å². The molecule has 156 valence electrons. The molecule has 29 heavy (non-hydrogen) atoms. The maximum absolute atomic E-state index is 12.9. The van der Waals surface area contributed by atoms with Gasteiger partial charge in [0.05, 0.1) is 29.3 Å². The van der Waals surface area contributed by atoms with Crippen LogP contribution >= 0.6 is 0 Å². The summed E-state index contributed by atoms with van der Waals surface area (Å²) in [6, 6.07) is 15.9. The standard InChI is InChI=1S/C22H27NO5S/c1-17-15-23(16-18(2)28-17)29(25,26)21-12-10-20(11-13-21)22(24)27-14-6-9-19-7-4-3-5-8-19/h3-5,7-8,10-13,17-18H,6,9,14-16H2,1-2H3/t17-,18-/m1/s1. The smallest absolute Gasteiger partial charge is 0.338 e. The molecular formula is C22H27NO5S. The second-order valence-corrected chi connectivity index (χ2v) is 9.27. The van der Waals surface area contributed by atoms with Crippen LogP contribution in [-0.2, 0) is 25.9 Å². The Kier molecular flexibility index (Phi) is 7.05. The molecule has 0 saturated carbocycles. The van der Waals surface area contributed by atoms with Crippen LogP contribution in [0.3, 0.4) is 0 Å². The molecule has 2 aromatic rings. The molecule has 1 saturated heterocycles. The number of nitrogens with zero attached hydrogens (tertiary/aromatic N) is 1. The Morgan fingerprint density at radius 1 is 1.03 bits per heavy atom. The number of sulfonamides is 1. The van der Waals surface area contributed by atoms with Crippen LogP contribution in [0.2, 0.25) is 0 Å². The van der Waals surface area contributed by atoms with Crippen LogP contribution in [-0.4, -0.2) is 50.6 Å². The first kappa shape index (κ1) is 21.5. The lowest BCUT2D eigenvalue weighted by atomic mass is 10.1. The van der Waals surface area contributed by atoms with E-state index in [1.54, 1.807) is 0 Å². The molecule has 0 aliphatic carbocycles. The summed E-state index contributed by atoms with van der Waals surface area (Å²) in [7, 11) is -3.62. The molecule has 0 spiro atoms. The minimum atomic E-state index is -3.62. The van der Waals surface area contributed by atoms with Crippen molar-refractivity contribution in [2.45, 2.75) is 43.8 Å². The van der Waals surface area contributed by atoms with Gasteiger partial charge in [0, 0.05) is 13.1 Å². The number of hydrogen-bond donors (Lipinski definition) is 0. The van der Waals surface area contributed by atoms with E-state index in [0.29, 0.717) is 25.3 Å². The average molecular weight is 418 g/mol. The van der Waals surface area contributed by atoms with E-state index in [9.17, 15) is 13.2 Å². The summed E-state index contributed by atoms with van der Waals surface area (Å²) in [5.74, 6) is -0.448. The zero-order chi connectivity index (χ0) is 20.9. The number of carbonyl (C=O) groups is 1. The molecule has 3 rings (SSSR count). The fraction of sp³-hybridized carbons (Fsp3) is 0.409. The average Bonchev–Trinajstić information content (AvgIpc) is 2.71. The number of hydrogen-bond acceptors (Lipinski definition) is 5. The van der Waals surface area contributed by atoms with Gasteiger partial charge in [-0.05, 0) is 56.5 Å². The van der Waals surface area contributed by atoms with Gasteiger partial charge in [0.1, 0.15) is 0 Å². The van der Waals surface area contributed by atoms with Gasteiger partial charge in [0.15, 0.2) is 0 Å². The van der Waals surface area contributed by atoms with Gasteiger partial charge < -0.3 is 9.47 Å². The third kappa shape index (κ3) is 5.65. The lowest BCUT2D eigenvalue weighted by Crippen LogP contribution is -2.48. The van der Waals surface area contributed by atoms with E-state index in [4.69, 9.17) is 9.47 Å². The van der Waals surface area contributed by atoms with E-state index >= 15 is 0 Å². The number of ether oxygens (including phenoxy) is 2.